The Hall–Kier alpha value is -1.80. The van der Waals surface area contributed by atoms with E-state index in [4.69, 9.17) is 4.74 Å². The first-order chi connectivity index (χ1) is 12.7. The van der Waals surface area contributed by atoms with Crippen LogP contribution in [0, 0.1) is 0 Å². The molecule has 2 heterocycles. The molecule has 0 radical (unpaired) electrons. The summed E-state index contributed by atoms with van der Waals surface area (Å²) in [6.07, 6.45) is 4.67. The second-order valence-corrected chi connectivity index (χ2v) is 8.79. The fourth-order valence-electron chi connectivity index (χ4n) is 2.86. The van der Waals surface area contributed by atoms with E-state index in [1.54, 1.807) is 7.11 Å². The molecule has 1 aliphatic heterocycles. The molecule has 0 spiro atoms. The average Bonchev–Trinajstić information content (AvgIpc) is 2.92. The zero-order valence-electron chi connectivity index (χ0n) is 15.1. The normalized spacial score (nSPS) is 16.0. The minimum absolute atomic E-state index is 0.144. The number of benzene rings is 1. The van der Waals surface area contributed by atoms with Crippen LogP contribution in [0.5, 0.6) is 5.75 Å². The van der Waals surface area contributed by atoms with E-state index in [1.807, 2.05) is 36.1 Å². The highest BCUT2D eigenvalue weighted by atomic mass is 32.2. The summed E-state index contributed by atoms with van der Waals surface area (Å²) in [5.41, 5.74) is 0.923. The van der Waals surface area contributed by atoms with Gasteiger partial charge in [-0.15, -0.1) is 10.2 Å². The van der Waals surface area contributed by atoms with Crippen LogP contribution in [0.4, 0.5) is 10.8 Å². The van der Waals surface area contributed by atoms with Crippen LogP contribution in [-0.4, -0.2) is 46.5 Å². The van der Waals surface area contributed by atoms with Gasteiger partial charge in [-0.3, -0.25) is 4.79 Å². The molecular formula is C18H24N4O2S2. The minimum Gasteiger partial charge on any atom is -0.497 e. The largest absolute Gasteiger partial charge is 0.497 e. The Morgan fingerprint density at radius 2 is 1.88 bits per heavy atom. The fraction of sp³-hybridized carbons (Fsp3) is 0.500. The third-order valence-corrected chi connectivity index (χ3v) is 6.30. The number of nitrogens with one attached hydrogen (secondary N) is 1. The zero-order valence-corrected chi connectivity index (χ0v) is 16.7. The summed E-state index contributed by atoms with van der Waals surface area (Å²) in [6, 6.07) is 7.64. The van der Waals surface area contributed by atoms with Gasteiger partial charge >= 0.3 is 0 Å². The highest BCUT2D eigenvalue weighted by molar-refractivity contribution is 8.02. The summed E-state index contributed by atoms with van der Waals surface area (Å²) in [5, 5.41) is 12.2. The Kier molecular flexibility index (Phi) is 6.73. The number of nitrogens with zero attached hydrogens (tertiary/aromatic N) is 3. The third-order valence-electron chi connectivity index (χ3n) is 4.29. The standard InChI is InChI=1S/C18H24N4O2S2/c1-13(16(23)22-11-5-3-4-6-12-22)25-18-21-20-17(26-18)19-14-7-9-15(24-2)10-8-14/h7-10,13H,3-6,11-12H2,1-2H3,(H,19,20)/t13-/m1/s1. The van der Waals surface area contributed by atoms with Crippen LogP contribution in [0.15, 0.2) is 28.6 Å². The quantitative estimate of drug-likeness (QED) is 0.744. The highest BCUT2D eigenvalue weighted by Gasteiger charge is 2.23. The Bertz CT molecular complexity index is 712. The lowest BCUT2D eigenvalue weighted by atomic mass is 10.2. The van der Waals surface area contributed by atoms with Gasteiger partial charge in [-0.2, -0.15) is 0 Å². The van der Waals surface area contributed by atoms with Gasteiger partial charge in [0.15, 0.2) is 4.34 Å². The van der Waals surface area contributed by atoms with Crippen LogP contribution in [0.1, 0.15) is 32.6 Å². The van der Waals surface area contributed by atoms with Gasteiger partial charge in [0, 0.05) is 18.8 Å². The van der Waals surface area contributed by atoms with Crippen molar-refractivity contribution in [2.45, 2.75) is 42.2 Å². The number of amides is 1. The fourth-order valence-corrected chi connectivity index (χ4v) is 4.86. The SMILES string of the molecule is COc1ccc(Nc2nnc(S[C@H](C)C(=O)N3CCCCCC3)s2)cc1. The summed E-state index contributed by atoms with van der Waals surface area (Å²) in [4.78, 5) is 14.6. The summed E-state index contributed by atoms with van der Waals surface area (Å²) >= 11 is 2.95. The van der Waals surface area contributed by atoms with Gasteiger partial charge in [0.1, 0.15) is 5.75 Å². The third kappa shape index (κ3) is 5.11. The predicted molar refractivity (Wildman–Crippen MR) is 107 cm³/mol. The second-order valence-electron chi connectivity index (χ2n) is 6.23. The van der Waals surface area contributed by atoms with Crippen molar-refractivity contribution in [3.8, 4) is 5.75 Å². The maximum Gasteiger partial charge on any atom is 0.235 e. The van der Waals surface area contributed by atoms with E-state index < -0.39 is 0 Å². The molecule has 8 heteroatoms. The lowest BCUT2D eigenvalue weighted by Gasteiger charge is -2.23. The lowest BCUT2D eigenvalue weighted by molar-refractivity contribution is -0.130. The number of hydrogen-bond donors (Lipinski definition) is 1. The number of carbonyl (C=O) groups excluding carboxylic acids is 1. The molecule has 1 amide bonds. The van der Waals surface area contributed by atoms with Crippen molar-refractivity contribution in [2.24, 2.45) is 0 Å². The van der Waals surface area contributed by atoms with Crippen LogP contribution in [0.3, 0.4) is 0 Å². The van der Waals surface area contributed by atoms with Crippen molar-refractivity contribution in [3.63, 3.8) is 0 Å². The van der Waals surface area contributed by atoms with Crippen molar-refractivity contribution < 1.29 is 9.53 Å². The number of likely N-dealkylation sites (tertiary alicyclic amines) is 1. The number of ether oxygens (including phenoxy) is 1. The Labute approximate surface area is 162 Å². The molecule has 1 aromatic carbocycles. The number of anilines is 2. The summed E-state index contributed by atoms with van der Waals surface area (Å²) in [6.45, 7) is 3.71. The molecule has 1 aromatic heterocycles. The molecule has 2 aromatic rings. The van der Waals surface area contributed by atoms with Crippen molar-refractivity contribution in [1.82, 2.24) is 15.1 Å². The molecule has 6 nitrogen and oxygen atoms in total. The maximum atomic E-state index is 12.6. The van der Waals surface area contributed by atoms with Crippen LogP contribution in [0.25, 0.3) is 0 Å². The van der Waals surface area contributed by atoms with E-state index in [1.165, 1.54) is 35.9 Å². The molecule has 1 fully saturated rings. The minimum atomic E-state index is -0.144. The van der Waals surface area contributed by atoms with Crippen LogP contribution < -0.4 is 10.1 Å². The molecule has 140 valence electrons. The van der Waals surface area contributed by atoms with Gasteiger partial charge in [0.05, 0.1) is 12.4 Å². The average molecular weight is 393 g/mol. The van der Waals surface area contributed by atoms with Gasteiger partial charge in [0.2, 0.25) is 11.0 Å². The predicted octanol–water partition coefficient (Wildman–Crippen LogP) is 4.17. The van der Waals surface area contributed by atoms with Gasteiger partial charge in [-0.1, -0.05) is 35.9 Å². The summed E-state index contributed by atoms with van der Waals surface area (Å²) in [7, 11) is 1.64. The number of thioether (sulfide) groups is 1. The first-order valence-corrected chi connectivity index (χ1v) is 10.6. The second kappa shape index (κ2) is 9.23. The molecule has 0 saturated carbocycles. The Balaban J connectivity index is 1.55. The van der Waals surface area contributed by atoms with Gasteiger partial charge < -0.3 is 15.0 Å². The molecule has 0 unspecified atom stereocenters. The molecule has 26 heavy (non-hydrogen) atoms. The van der Waals surface area contributed by atoms with Gasteiger partial charge in [-0.05, 0) is 44.0 Å². The smallest absolute Gasteiger partial charge is 0.235 e. The molecule has 1 N–H and O–H groups in total. The van der Waals surface area contributed by atoms with Crippen LogP contribution in [0.2, 0.25) is 0 Å². The zero-order chi connectivity index (χ0) is 18.4. The van der Waals surface area contributed by atoms with E-state index in [0.717, 1.165) is 41.7 Å². The van der Waals surface area contributed by atoms with E-state index in [9.17, 15) is 4.79 Å². The van der Waals surface area contributed by atoms with Crippen molar-refractivity contribution in [3.05, 3.63) is 24.3 Å². The van der Waals surface area contributed by atoms with Crippen LogP contribution in [-0.2, 0) is 4.79 Å². The van der Waals surface area contributed by atoms with E-state index >= 15 is 0 Å². The monoisotopic (exact) mass is 392 g/mol. The number of aromatic nitrogens is 2. The van der Waals surface area contributed by atoms with E-state index in [0.29, 0.717) is 5.13 Å². The molecule has 0 bridgehead atoms. The van der Waals surface area contributed by atoms with E-state index in [-0.39, 0.29) is 11.2 Å². The number of hydrogen-bond acceptors (Lipinski definition) is 7. The number of carbonyl (C=O) groups is 1. The van der Waals surface area contributed by atoms with Gasteiger partial charge in [-0.25, -0.2) is 0 Å². The first kappa shape index (κ1) is 19.0. The molecule has 0 aliphatic carbocycles. The molecular weight excluding hydrogens is 368 g/mol. The maximum absolute atomic E-state index is 12.6. The molecule has 1 aliphatic rings. The van der Waals surface area contributed by atoms with Crippen LogP contribution >= 0.6 is 23.1 Å². The summed E-state index contributed by atoms with van der Waals surface area (Å²) < 4.78 is 5.96. The Morgan fingerprint density at radius 1 is 1.19 bits per heavy atom. The van der Waals surface area contributed by atoms with Crippen molar-refractivity contribution in [2.75, 3.05) is 25.5 Å². The van der Waals surface area contributed by atoms with E-state index in [2.05, 4.69) is 15.5 Å². The molecule has 1 saturated heterocycles. The topological polar surface area (TPSA) is 67.3 Å². The number of rotatable bonds is 6. The summed E-state index contributed by atoms with van der Waals surface area (Å²) in [5.74, 6) is 1.02. The lowest BCUT2D eigenvalue weighted by Crippen LogP contribution is -2.37. The number of methoxy groups -OCH3 is 1. The Morgan fingerprint density at radius 3 is 2.54 bits per heavy atom. The van der Waals surface area contributed by atoms with Crippen molar-refractivity contribution in [1.29, 1.82) is 0 Å². The molecule has 1 atom stereocenters. The molecule has 3 rings (SSSR count). The first-order valence-electron chi connectivity index (χ1n) is 8.86. The highest BCUT2D eigenvalue weighted by Crippen LogP contribution is 2.31. The van der Waals surface area contributed by atoms with Crippen molar-refractivity contribution >= 4 is 39.8 Å². The van der Waals surface area contributed by atoms with Gasteiger partial charge in [0.25, 0.3) is 0 Å².